The lowest BCUT2D eigenvalue weighted by molar-refractivity contribution is -0.870. The first kappa shape index (κ1) is 65.7. The SMILES string of the molecule is CCCCCCC/C=C\C/C=C\CCCCCCCCCCCCOCC(COP(=O)(O)OCC[N+](C)(C)C)OC(=O)CCCCCCCCCCCCC/C=C\CCCCCCCCCC. The number of esters is 1. The third-order valence-electron chi connectivity index (χ3n) is 12.7. The molecule has 0 aromatic rings. The van der Waals surface area contributed by atoms with Crippen LogP contribution in [0.4, 0.5) is 0 Å². The van der Waals surface area contributed by atoms with Gasteiger partial charge in [0.25, 0.3) is 0 Å². The van der Waals surface area contributed by atoms with Gasteiger partial charge in [0.2, 0.25) is 0 Å². The Morgan fingerprint density at radius 1 is 0.463 bits per heavy atom. The van der Waals surface area contributed by atoms with Crippen LogP contribution >= 0.6 is 7.82 Å². The zero-order valence-electron chi connectivity index (χ0n) is 45.2. The lowest BCUT2D eigenvalue weighted by atomic mass is 10.0. The highest BCUT2D eigenvalue weighted by Gasteiger charge is 2.26. The van der Waals surface area contributed by atoms with E-state index in [4.69, 9.17) is 18.5 Å². The van der Waals surface area contributed by atoms with Crippen molar-refractivity contribution in [2.45, 2.75) is 277 Å². The van der Waals surface area contributed by atoms with E-state index in [1.807, 2.05) is 21.1 Å². The van der Waals surface area contributed by atoms with Gasteiger partial charge in [-0.3, -0.25) is 13.8 Å². The molecule has 0 aliphatic rings. The molecule has 0 amide bonds. The molecule has 0 fully saturated rings. The van der Waals surface area contributed by atoms with Crippen LogP contribution in [0.2, 0.25) is 0 Å². The predicted molar refractivity (Wildman–Crippen MR) is 289 cm³/mol. The Labute approximate surface area is 416 Å². The summed E-state index contributed by atoms with van der Waals surface area (Å²) in [5.41, 5.74) is 0. The fraction of sp³-hybridized carbons (Fsp3) is 0.879. The molecule has 396 valence electrons. The topological polar surface area (TPSA) is 91.3 Å². The third-order valence-corrected chi connectivity index (χ3v) is 13.7. The fourth-order valence-corrected chi connectivity index (χ4v) is 8.97. The number of nitrogens with zero attached hydrogens (tertiary/aromatic N) is 1. The Hall–Kier alpha value is -1.28. The number of unbranched alkanes of at least 4 members (excludes halogenated alkanes) is 34. The van der Waals surface area contributed by atoms with Crippen molar-refractivity contribution in [3.8, 4) is 0 Å². The van der Waals surface area contributed by atoms with Crippen LogP contribution in [0.1, 0.15) is 271 Å². The molecule has 67 heavy (non-hydrogen) atoms. The van der Waals surface area contributed by atoms with E-state index in [1.165, 1.54) is 212 Å². The molecular weight excluding hydrogens is 854 g/mol. The van der Waals surface area contributed by atoms with Crippen molar-refractivity contribution < 1.29 is 37.3 Å². The predicted octanol–water partition coefficient (Wildman–Crippen LogP) is 18.1. The average molecular weight is 968 g/mol. The van der Waals surface area contributed by atoms with E-state index < -0.39 is 13.9 Å². The van der Waals surface area contributed by atoms with Crippen LogP contribution in [0.25, 0.3) is 0 Å². The summed E-state index contributed by atoms with van der Waals surface area (Å²) in [6.45, 7) is 5.65. The number of carbonyl (C=O) groups excluding carboxylic acids is 1. The molecule has 0 aromatic heterocycles. The molecule has 0 spiro atoms. The van der Waals surface area contributed by atoms with E-state index in [0.717, 1.165) is 38.5 Å². The van der Waals surface area contributed by atoms with Gasteiger partial charge in [0, 0.05) is 13.0 Å². The summed E-state index contributed by atoms with van der Waals surface area (Å²) in [6, 6.07) is 0. The Morgan fingerprint density at radius 3 is 1.22 bits per heavy atom. The molecule has 2 unspecified atom stereocenters. The standard InChI is InChI=1S/C58H112NO7P/c1-6-8-10-12-14-16-18-20-22-24-26-28-30-31-33-35-37-39-41-43-45-47-49-51-58(60)66-57(56-65-67(61,62)64-54-52-59(3,4)5)55-63-53-50-48-46-44-42-40-38-36-34-32-29-27-25-23-21-19-17-15-13-11-9-7-2/h19,21,24-27,57H,6-18,20,22-23,28-56H2,1-5H3/p+1/b21-19-,26-24-,27-25-. The van der Waals surface area contributed by atoms with Gasteiger partial charge in [-0.05, 0) is 70.6 Å². The first-order valence-corrected chi connectivity index (χ1v) is 30.2. The highest BCUT2D eigenvalue weighted by molar-refractivity contribution is 7.47. The largest absolute Gasteiger partial charge is 0.472 e. The molecule has 0 rings (SSSR count). The molecule has 0 aliphatic heterocycles. The Morgan fingerprint density at radius 2 is 0.821 bits per heavy atom. The second kappa shape index (κ2) is 51.1. The van der Waals surface area contributed by atoms with E-state index in [0.29, 0.717) is 24.1 Å². The average Bonchev–Trinajstić information content (AvgIpc) is 3.29. The second-order valence-corrected chi connectivity index (χ2v) is 22.1. The van der Waals surface area contributed by atoms with Crippen LogP contribution in [-0.2, 0) is 27.9 Å². The minimum Gasteiger partial charge on any atom is -0.457 e. The number of carbonyl (C=O) groups is 1. The summed E-state index contributed by atoms with van der Waals surface area (Å²) in [6.07, 6.45) is 63.4. The summed E-state index contributed by atoms with van der Waals surface area (Å²) in [4.78, 5) is 23.1. The Kier molecular flexibility index (Phi) is 50.1. The molecule has 0 saturated heterocycles. The molecule has 0 radical (unpaired) electrons. The molecule has 8 nitrogen and oxygen atoms in total. The molecule has 2 atom stereocenters. The first-order valence-electron chi connectivity index (χ1n) is 28.7. The molecule has 0 bridgehead atoms. The monoisotopic (exact) mass is 967 g/mol. The maximum atomic E-state index is 12.8. The zero-order valence-corrected chi connectivity index (χ0v) is 46.0. The lowest BCUT2D eigenvalue weighted by Crippen LogP contribution is -2.37. The van der Waals surface area contributed by atoms with Crippen LogP contribution in [0, 0.1) is 0 Å². The van der Waals surface area contributed by atoms with Gasteiger partial charge in [-0.1, -0.05) is 230 Å². The quantitative estimate of drug-likeness (QED) is 0.0213. The maximum Gasteiger partial charge on any atom is 0.472 e. The lowest BCUT2D eigenvalue weighted by Gasteiger charge is -2.24. The Bertz CT molecular complexity index is 1170. The van der Waals surface area contributed by atoms with Gasteiger partial charge in [-0.25, -0.2) is 4.57 Å². The van der Waals surface area contributed by atoms with Gasteiger partial charge in [0.05, 0.1) is 34.4 Å². The van der Waals surface area contributed by atoms with Crippen LogP contribution in [0.5, 0.6) is 0 Å². The van der Waals surface area contributed by atoms with Crippen molar-refractivity contribution in [2.75, 3.05) is 54.1 Å². The van der Waals surface area contributed by atoms with Crippen LogP contribution in [0.3, 0.4) is 0 Å². The smallest absolute Gasteiger partial charge is 0.457 e. The second-order valence-electron chi connectivity index (χ2n) is 20.7. The minimum absolute atomic E-state index is 0.0887. The van der Waals surface area contributed by atoms with Gasteiger partial charge in [0.15, 0.2) is 0 Å². The van der Waals surface area contributed by atoms with Gasteiger partial charge in [-0.15, -0.1) is 0 Å². The summed E-state index contributed by atoms with van der Waals surface area (Å²) in [5.74, 6) is -0.311. The van der Waals surface area contributed by atoms with Crippen molar-refractivity contribution >= 4 is 13.8 Å². The summed E-state index contributed by atoms with van der Waals surface area (Å²) in [7, 11) is 1.67. The molecule has 9 heteroatoms. The van der Waals surface area contributed by atoms with E-state index in [1.54, 1.807) is 0 Å². The number of allylic oxidation sites excluding steroid dienone is 6. The molecular formula is C58H113NO7P+. The van der Waals surface area contributed by atoms with E-state index >= 15 is 0 Å². The van der Waals surface area contributed by atoms with Crippen LogP contribution in [0.15, 0.2) is 36.5 Å². The fourth-order valence-electron chi connectivity index (χ4n) is 8.23. The van der Waals surface area contributed by atoms with Crippen molar-refractivity contribution in [1.82, 2.24) is 0 Å². The molecule has 0 aliphatic carbocycles. The first-order chi connectivity index (χ1) is 32.6. The van der Waals surface area contributed by atoms with Crippen LogP contribution < -0.4 is 0 Å². The van der Waals surface area contributed by atoms with E-state index in [2.05, 4.69) is 50.3 Å². The number of ether oxygens (including phenoxy) is 2. The molecule has 0 aromatic carbocycles. The molecule has 1 N–H and O–H groups in total. The normalized spacial score (nSPS) is 13.7. The van der Waals surface area contributed by atoms with Crippen molar-refractivity contribution in [2.24, 2.45) is 0 Å². The highest BCUT2D eigenvalue weighted by atomic mass is 31.2. The summed E-state index contributed by atoms with van der Waals surface area (Å²) < 4.78 is 35.3. The summed E-state index contributed by atoms with van der Waals surface area (Å²) >= 11 is 0. The molecule has 0 saturated carbocycles. The maximum absolute atomic E-state index is 12.8. The number of phosphoric acid groups is 1. The number of phosphoric ester groups is 1. The number of rotatable bonds is 54. The highest BCUT2D eigenvalue weighted by Crippen LogP contribution is 2.43. The minimum atomic E-state index is -4.28. The number of hydrogen-bond acceptors (Lipinski definition) is 6. The number of quaternary nitrogens is 1. The number of hydrogen-bond donors (Lipinski definition) is 1. The van der Waals surface area contributed by atoms with Gasteiger partial charge < -0.3 is 18.9 Å². The van der Waals surface area contributed by atoms with Gasteiger partial charge in [0.1, 0.15) is 19.3 Å². The van der Waals surface area contributed by atoms with Crippen molar-refractivity contribution in [3.05, 3.63) is 36.5 Å². The zero-order chi connectivity index (χ0) is 49.0. The van der Waals surface area contributed by atoms with E-state index in [9.17, 15) is 14.3 Å². The third kappa shape index (κ3) is 55.5. The Balaban J connectivity index is 4.07. The van der Waals surface area contributed by atoms with Gasteiger partial charge >= 0.3 is 13.8 Å². The van der Waals surface area contributed by atoms with Crippen molar-refractivity contribution in [3.63, 3.8) is 0 Å². The van der Waals surface area contributed by atoms with E-state index in [-0.39, 0.29) is 25.8 Å². The summed E-state index contributed by atoms with van der Waals surface area (Å²) in [5, 5.41) is 0. The van der Waals surface area contributed by atoms with Gasteiger partial charge in [-0.2, -0.15) is 0 Å². The van der Waals surface area contributed by atoms with Crippen LogP contribution in [-0.4, -0.2) is 75.6 Å². The molecule has 0 heterocycles. The van der Waals surface area contributed by atoms with Crippen molar-refractivity contribution in [1.29, 1.82) is 0 Å². The number of likely N-dealkylation sites (N-methyl/N-ethyl adjacent to an activating group) is 1.